The van der Waals surface area contributed by atoms with Gasteiger partial charge in [-0.15, -0.1) is 0 Å². The van der Waals surface area contributed by atoms with Gasteiger partial charge in [0.2, 0.25) is 5.91 Å². The number of carbonyl (C=O) groups is 2. The van der Waals surface area contributed by atoms with Gasteiger partial charge < -0.3 is 20.3 Å². The Morgan fingerprint density at radius 2 is 0.635 bits per heavy atom. The Bertz CT molecular complexity index is 1150. The molecule has 6 heteroatoms. The molecule has 2 unspecified atom stereocenters. The number of allylic oxidation sites excluding steroid dienone is 3. The lowest BCUT2D eigenvalue weighted by Gasteiger charge is -2.20. The largest absolute Gasteiger partial charge is 0.466 e. The van der Waals surface area contributed by atoms with Crippen molar-refractivity contribution in [1.29, 1.82) is 0 Å². The van der Waals surface area contributed by atoms with Gasteiger partial charge in [-0.2, -0.15) is 0 Å². The van der Waals surface area contributed by atoms with Gasteiger partial charge in [0.25, 0.3) is 0 Å². The van der Waals surface area contributed by atoms with Crippen molar-refractivity contribution in [3.63, 3.8) is 0 Å². The third-order valence-electron chi connectivity index (χ3n) is 15.7. The molecule has 0 aromatic rings. The fourth-order valence-electron chi connectivity index (χ4n) is 10.6. The third kappa shape index (κ3) is 59.6. The number of hydrogen-bond donors (Lipinski definition) is 3. The number of hydrogen-bond acceptors (Lipinski definition) is 5. The van der Waals surface area contributed by atoms with Gasteiger partial charge in [0, 0.05) is 12.8 Å². The van der Waals surface area contributed by atoms with Crippen LogP contribution >= 0.6 is 0 Å². The summed E-state index contributed by atoms with van der Waals surface area (Å²) in [5, 5.41) is 23.0. The third-order valence-corrected chi connectivity index (χ3v) is 15.7. The Balaban J connectivity index is 3.32. The number of rotatable bonds is 63. The fraction of sp³-hybridized carbons (Fsp3) is 0.912. The zero-order valence-electron chi connectivity index (χ0n) is 50.1. The molecule has 0 spiro atoms. The van der Waals surface area contributed by atoms with E-state index in [4.69, 9.17) is 4.74 Å². The monoisotopic (exact) mass is 1040 g/mol. The van der Waals surface area contributed by atoms with Crippen LogP contribution in [0.1, 0.15) is 373 Å². The first-order valence-corrected chi connectivity index (χ1v) is 33.6. The highest BCUT2D eigenvalue weighted by Gasteiger charge is 2.18. The molecule has 0 saturated heterocycles. The Labute approximate surface area is 462 Å². The van der Waals surface area contributed by atoms with Crippen molar-refractivity contribution in [2.75, 3.05) is 13.2 Å². The van der Waals surface area contributed by atoms with Crippen LogP contribution in [0.15, 0.2) is 24.3 Å². The summed E-state index contributed by atoms with van der Waals surface area (Å²) in [5.74, 6) is -0.0473. The normalized spacial score (nSPS) is 12.6. The second kappa shape index (κ2) is 63.9. The zero-order chi connectivity index (χ0) is 53.6. The lowest BCUT2D eigenvalue weighted by atomic mass is 10.0. The molecular formula is C68H131NO5. The molecule has 0 aliphatic rings. The van der Waals surface area contributed by atoms with Crippen molar-refractivity contribution < 1.29 is 24.5 Å². The number of aliphatic hydroxyl groups is 2. The average molecular weight is 1040 g/mol. The minimum Gasteiger partial charge on any atom is -0.466 e. The molecule has 0 saturated carbocycles. The van der Waals surface area contributed by atoms with Crippen molar-refractivity contribution in [3.8, 4) is 0 Å². The number of ether oxygens (including phenoxy) is 1. The number of aliphatic hydroxyl groups excluding tert-OH is 2. The molecule has 6 nitrogen and oxygen atoms in total. The van der Waals surface area contributed by atoms with Crippen LogP contribution < -0.4 is 5.32 Å². The maximum atomic E-state index is 12.4. The number of amides is 1. The molecule has 3 N–H and O–H groups in total. The summed E-state index contributed by atoms with van der Waals surface area (Å²) in [6, 6.07) is -0.625. The average Bonchev–Trinajstić information content (AvgIpc) is 3.40. The maximum absolute atomic E-state index is 12.4. The molecule has 438 valence electrons. The van der Waals surface area contributed by atoms with Crippen LogP contribution in [0.2, 0.25) is 0 Å². The predicted molar refractivity (Wildman–Crippen MR) is 324 cm³/mol. The van der Waals surface area contributed by atoms with Crippen LogP contribution in [-0.2, 0) is 14.3 Å². The van der Waals surface area contributed by atoms with E-state index < -0.39 is 12.1 Å². The van der Waals surface area contributed by atoms with Gasteiger partial charge in [-0.3, -0.25) is 9.59 Å². The van der Waals surface area contributed by atoms with E-state index in [1.165, 1.54) is 308 Å². The molecule has 74 heavy (non-hydrogen) atoms. The zero-order valence-corrected chi connectivity index (χ0v) is 50.1. The molecule has 2 atom stereocenters. The highest BCUT2D eigenvalue weighted by molar-refractivity contribution is 5.76. The first kappa shape index (κ1) is 72.3. The van der Waals surface area contributed by atoms with Gasteiger partial charge in [-0.05, 0) is 57.8 Å². The summed E-state index contributed by atoms with van der Waals surface area (Å²) in [4.78, 5) is 24.5. The minimum absolute atomic E-state index is 0.0213. The molecule has 0 aromatic heterocycles. The first-order chi connectivity index (χ1) is 36.5. The molecule has 0 heterocycles. The Hall–Kier alpha value is -1.66. The standard InChI is InChI=1S/C68H131NO5/c1-3-5-7-9-11-13-14-15-16-17-29-33-36-39-42-46-50-54-58-62-68(73)74-63-59-55-51-47-43-40-37-34-31-28-26-24-22-20-18-19-21-23-25-27-30-32-35-38-41-45-49-53-57-61-67(72)69-65(64-70)66(71)60-56-52-48-44-12-10-8-6-4-2/h18,20,56,60,65-66,70-71H,3-17,19,21-55,57-59,61-64H2,1-2H3,(H,69,72)/b20-18-,60-56+. The van der Waals surface area contributed by atoms with Crippen molar-refractivity contribution >= 4 is 11.9 Å². The molecule has 0 aromatic carbocycles. The Morgan fingerprint density at radius 1 is 0.365 bits per heavy atom. The van der Waals surface area contributed by atoms with Crippen molar-refractivity contribution in [1.82, 2.24) is 5.32 Å². The van der Waals surface area contributed by atoms with Crippen molar-refractivity contribution in [2.45, 2.75) is 386 Å². The fourth-order valence-corrected chi connectivity index (χ4v) is 10.6. The van der Waals surface area contributed by atoms with E-state index in [1.807, 2.05) is 6.08 Å². The first-order valence-electron chi connectivity index (χ1n) is 33.6. The lowest BCUT2D eigenvalue weighted by molar-refractivity contribution is -0.143. The molecule has 0 bridgehead atoms. The number of unbranched alkanes of at least 4 members (excludes halogenated alkanes) is 50. The smallest absolute Gasteiger partial charge is 0.305 e. The number of carbonyl (C=O) groups excluding carboxylic acids is 2. The van der Waals surface area contributed by atoms with Crippen LogP contribution in [0, 0.1) is 0 Å². The van der Waals surface area contributed by atoms with E-state index in [-0.39, 0.29) is 18.5 Å². The molecule has 0 aliphatic carbocycles. The predicted octanol–water partition coefficient (Wildman–Crippen LogP) is 21.4. The van der Waals surface area contributed by atoms with Gasteiger partial charge in [-0.25, -0.2) is 0 Å². The van der Waals surface area contributed by atoms with Gasteiger partial charge >= 0.3 is 5.97 Å². The topological polar surface area (TPSA) is 95.9 Å². The Morgan fingerprint density at radius 3 is 0.959 bits per heavy atom. The van der Waals surface area contributed by atoms with E-state index in [0.717, 1.165) is 38.5 Å². The SMILES string of the molecule is CCCCCCCCC/C=C/C(O)C(CO)NC(=O)CCCCCCCCCCCCCCC/C=C\CCCCCCCCCCCCCCOC(=O)CCCCCCCCCCCCCCCCCCCCC. The molecule has 0 rings (SSSR count). The highest BCUT2D eigenvalue weighted by atomic mass is 16.5. The van der Waals surface area contributed by atoms with Gasteiger partial charge in [0.05, 0.1) is 25.4 Å². The van der Waals surface area contributed by atoms with Gasteiger partial charge in [-0.1, -0.05) is 327 Å². The van der Waals surface area contributed by atoms with E-state index in [1.54, 1.807) is 6.08 Å². The van der Waals surface area contributed by atoms with E-state index in [9.17, 15) is 19.8 Å². The van der Waals surface area contributed by atoms with Crippen molar-refractivity contribution in [3.05, 3.63) is 24.3 Å². The van der Waals surface area contributed by atoms with Crippen LogP contribution in [-0.4, -0.2) is 47.4 Å². The van der Waals surface area contributed by atoms with Gasteiger partial charge in [0.15, 0.2) is 0 Å². The van der Waals surface area contributed by atoms with Crippen LogP contribution in [0.5, 0.6) is 0 Å². The van der Waals surface area contributed by atoms with Gasteiger partial charge in [0.1, 0.15) is 0 Å². The molecule has 1 amide bonds. The second-order valence-electron chi connectivity index (χ2n) is 23.2. The summed E-state index contributed by atoms with van der Waals surface area (Å²) in [6.07, 6.45) is 79.8. The molecular weight excluding hydrogens is 911 g/mol. The van der Waals surface area contributed by atoms with Crippen LogP contribution in [0.25, 0.3) is 0 Å². The summed E-state index contributed by atoms with van der Waals surface area (Å²) in [6.45, 7) is 4.91. The molecule has 0 radical (unpaired) electrons. The second-order valence-corrected chi connectivity index (χ2v) is 23.2. The molecule has 0 aliphatic heterocycles. The van der Waals surface area contributed by atoms with E-state index in [0.29, 0.717) is 19.4 Å². The Kier molecular flexibility index (Phi) is 62.4. The maximum Gasteiger partial charge on any atom is 0.305 e. The quantitative estimate of drug-likeness (QED) is 0.0320. The molecule has 0 fully saturated rings. The van der Waals surface area contributed by atoms with Crippen LogP contribution in [0.4, 0.5) is 0 Å². The number of esters is 1. The summed E-state index contributed by atoms with van der Waals surface area (Å²) in [7, 11) is 0. The number of nitrogens with one attached hydrogen (secondary N) is 1. The van der Waals surface area contributed by atoms with Crippen molar-refractivity contribution in [2.24, 2.45) is 0 Å². The van der Waals surface area contributed by atoms with E-state index in [2.05, 4.69) is 31.3 Å². The summed E-state index contributed by atoms with van der Waals surface area (Å²) >= 11 is 0. The van der Waals surface area contributed by atoms with E-state index >= 15 is 0 Å². The summed E-state index contributed by atoms with van der Waals surface area (Å²) in [5.41, 5.74) is 0. The minimum atomic E-state index is -0.841. The lowest BCUT2D eigenvalue weighted by Crippen LogP contribution is -2.45. The summed E-state index contributed by atoms with van der Waals surface area (Å²) < 4.78 is 5.51. The van der Waals surface area contributed by atoms with Crippen LogP contribution in [0.3, 0.4) is 0 Å². The highest BCUT2D eigenvalue weighted by Crippen LogP contribution is 2.18.